The zero-order valence-corrected chi connectivity index (χ0v) is 18.7. The van der Waals surface area contributed by atoms with Crippen LogP contribution in [0.25, 0.3) is 0 Å². The molecule has 4 heterocycles. The molecule has 0 unspecified atom stereocenters. The van der Waals surface area contributed by atoms with Crippen molar-refractivity contribution in [2.24, 2.45) is 0 Å². The summed E-state index contributed by atoms with van der Waals surface area (Å²) in [5.41, 5.74) is 1.85. The average molecular weight is 465 g/mol. The van der Waals surface area contributed by atoms with Crippen molar-refractivity contribution < 1.29 is 13.9 Å². The number of carbonyl (C=O) groups is 1. The van der Waals surface area contributed by atoms with Crippen molar-refractivity contribution in [3.05, 3.63) is 48.4 Å². The van der Waals surface area contributed by atoms with Crippen molar-refractivity contribution in [2.45, 2.75) is 6.92 Å². The van der Waals surface area contributed by atoms with E-state index >= 15 is 0 Å². The maximum absolute atomic E-state index is 14.4. The standard InChI is InChI=1S/C23H25FN8O2/c1-15(33)31-9-11-32(12-10-31)17-4-2-16(3-5-17)27-23-26-14-18(24)21(30-23)28-20-7-6-19-22(29-20)25-8-13-34-19/h2-7,14H,8-13H2,1H3,(H3,25,26,27,28,29,30). The number of halogens is 1. The second kappa shape index (κ2) is 9.38. The largest absolute Gasteiger partial charge is 0.488 e. The number of carbonyl (C=O) groups excluding carboxylic acids is 1. The number of nitrogens with one attached hydrogen (secondary N) is 3. The number of fused-ring (bicyclic) bond motifs is 1. The highest BCUT2D eigenvalue weighted by atomic mass is 19.1. The summed E-state index contributed by atoms with van der Waals surface area (Å²) in [5.74, 6) is 1.50. The minimum absolute atomic E-state index is 0.0154. The summed E-state index contributed by atoms with van der Waals surface area (Å²) in [6.45, 7) is 5.86. The number of aromatic nitrogens is 3. The van der Waals surface area contributed by atoms with Gasteiger partial charge in [0.05, 0.1) is 12.7 Å². The fourth-order valence-corrected chi connectivity index (χ4v) is 3.89. The Hall–Kier alpha value is -4.15. The minimum atomic E-state index is -0.589. The van der Waals surface area contributed by atoms with Crippen LogP contribution in [0.1, 0.15) is 6.92 Å². The van der Waals surface area contributed by atoms with Crippen LogP contribution < -0.4 is 25.6 Å². The Morgan fingerprint density at radius 3 is 2.62 bits per heavy atom. The molecule has 1 amide bonds. The zero-order valence-electron chi connectivity index (χ0n) is 18.7. The van der Waals surface area contributed by atoms with Crippen LogP contribution in [0.3, 0.4) is 0 Å². The molecule has 0 atom stereocenters. The molecule has 176 valence electrons. The van der Waals surface area contributed by atoms with E-state index in [4.69, 9.17) is 4.74 Å². The summed E-state index contributed by atoms with van der Waals surface area (Å²) in [7, 11) is 0. The van der Waals surface area contributed by atoms with Crippen molar-refractivity contribution in [2.75, 3.05) is 60.2 Å². The highest BCUT2D eigenvalue weighted by molar-refractivity contribution is 5.73. The predicted octanol–water partition coefficient (Wildman–Crippen LogP) is 2.97. The topological polar surface area (TPSA) is 108 Å². The number of anilines is 6. The molecule has 2 aliphatic heterocycles. The Kier molecular flexibility index (Phi) is 5.98. The van der Waals surface area contributed by atoms with Gasteiger partial charge in [-0.25, -0.2) is 14.4 Å². The fraction of sp³-hybridized carbons (Fsp3) is 0.304. The Bertz CT molecular complexity index is 1180. The lowest BCUT2D eigenvalue weighted by Crippen LogP contribution is -2.48. The lowest BCUT2D eigenvalue weighted by Gasteiger charge is -2.35. The SMILES string of the molecule is CC(=O)N1CCN(c2ccc(Nc3ncc(F)c(Nc4ccc5c(n4)NCCO5)n3)cc2)CC1. The van der Waals surface area contributed by atoms with Crippen molar-refractivity contribution >= 4 is 40.7 Å². The quantitative estimate of drug-likeness (QED) is 0.525. The van der Waals surface area contributed by atoms with E-state index < -0.39 is 5.82 Å². The molecule has 0 aliphatic carbocycles. The Morgan fingerprint density at radius 2 is 1.85 bits per heavy atom. The van der Waals surface area contributed by atoms with Gasteiger partial charge in [-0.05, 0) is 36.4 Å². The van der Waals surface area contributed by atoms with Gasteiger partial charge in [0.1, 0.15) is 12.4 Å². The van der Waals surface area contributed by atoms with E-state index in [1.807, 2.05) is 29.2 Å². The van der Waals surface area contributed by atoms with E-state index in [9.17, 15) is 9.18 Å². The van der Waals surface area contributed by atoms with Gasteiger partial charge in [0.25, 0.3) is 0 Å². The summed E-state index contributed by atoms with van der Waals surface area (Å²) in [4.78, 5) is 28.3. The van der Waals surface area contributed by atoms with Gasteiger partial charge in [-0.1, -0.05) is 0 Å². The molecule has 0 spiro atoms. The molecular weight excluding hydrogens is 439 g/mol. The Balaban J connectivity index is 1.25. The van der Waals surface area contributed by atoms with Gasteiger partial charge in [0.2, 0.25) is 11.9 Å². The molecule has 34 heavy (non-hydrogen) atoms. The van der Waals surface area contributed by atoms with Crippen LogP contribution in [0.4, 0.5) is 39.2 Å². The maximum atomic E-state index is 14.4. The molecule has 5 rings (SSSR count). The van der Waals surface area contributed by atoms with Crippen molar-refractivity contribution in [1.29, 1.82) is 0 Å². The molecule has 1 fully saturated rings. The predicted molar refractivity (Wildman–Crippen MR) is 128 cm³/mol. The second-order valence-electron chi connectivity index (χ2n) is 8.00. The van der Waals surface area contributed by atoms with E-state index in [0.717, 1.165) is 43.8 Å². The number of benzene rings is 1. The van der Waals surface area contributed by atoms with Gasteiger partial charge in [-0.2, -0.15) is 4.98 Å². The number of rotatable bonds is 5. The summed E-state index contributed by atoms with van der Waals surface area (Å²) in [5, 5.41) is 9.16. The number of piperazine rings is 1. The van der Waals surface area contributed by atoms with Gasteiger partial charge < -0.3 is 30.5 Å². The fourth-order valence-electron chi connectivity index (χ4n) is 3.89. The lowest BCUT2D eigenvalue weighted by atomic mass is 10.2. The highest BCUT2D eigenvalue weighted by Crippen LogP contribution is 2.28. The van der Waals surface area contributed by atoms with Crippen molar-refractivity contribution in [1.82, 2.24) is 19.9 Å². The normalized spacial score (nSPS) is 15.1. The first kappa shape index (κ1) is 21.7. The molecule has 10 nitrogen and oxygen atoms in total. The molecule has 0 radical (unpaired) electrons. The van der Waals surface area contributed by atoms with Crippen LogP contribution in [0.15, 0.2) is 42.6 Å². The number of hydrogen-bond acceptors (Lipinski definition) is 9. The third kappa shape index (κ3) is 4.77. The van der Waals surface area contributed by atoms with Crippen LogP contribution in [-0.4, -0.2) is 65.1 Å². The van der Waals surface area contributed by atoms with Crippen LogP contribution >= 0.6 is 0 Å². The molecular formula is C23H25FN8O2. The van der Waals surface area contributed by atoms with Gasteiger partial charge in [-0.15, -0.1) is 0 Å². The summed E-state index contributed by atoms with van der Waals surface area (Å²) in [6, 6.07) is 11.3. The van der Waals surface area contributed by atoms with Gasteiger partial charge in [0, 0.05) is 44.5 Å². The minimum Gasteiger partial charge on any atom is -0.488 e. The lowest BCUT2D eigenvalue weighted by molar-refractivity contribution is -0.129. The molecule has 11 heteroatoms. The number of hydrogen-bond donors (Lipinski definition) is 3. The molecule has 3 aromatic rings. The Labute approximate surface area is 196 Å². The summed E-state index contributed by atoms with van der Waals surface area (Å²) >= 11 is 0. The smallest absolute Gasteiger partial charge is 0.229 e. The molecule has 3 N–H and O–H groups in total. The molecule has 2 aromatic heterocycles. The third-order valence-corrected chi connectivity index (χ3v) is 5.71. The monoisotopic (exact) mass is 464 g/mol. The van der Waals surface area contributed by atoms with E-state index in [1.165, 1.54) is 0 Å². The zero-order chi connectivity index (χ0) is 23.5. The number of nitrogens with zero attached hydrogens (tertiary/aromatic N) is 5. The second-order valence-corrected chi connectivity index (χ2v) is 8.00. The molecule has 1 aromatic carbocycles. The number of pyridine rings is 1. The van der Waals surface area contributed by atoms with Gasteiger partial charge >= 0.3 is 0 Å². The van der Waals surface area contributed by atoms with Crippen molar-refractivity contribution in [3.8, 4) is 5.75 Å². The Morgan fingerprint density at radius 1 is 1.06 bits per heavy atom. The third-order valence-electron chi connectivity index (χ3n) is 5.71. The average Bonchev–Trinajstić information content (AvgIpc) is 2.86. The van der Waals surface area contributed by atoms with E-state index in [1.54, 1.807) is 19.1 Å². The molecule has 2 aliphatic rings. The summed E-state index contributed by atoms with van der Waals surface area (Å²) in [6.07, 6.45) is 1.11. The van der Waals surface area contributed by atoms with E-state index in [2.05, 4.69) is 35.8 Å². The first-order valence-electron chi connectivity index (χ1n) is 11.1. The van der Waals surface area contributed by atoms with Gasteiger partial charge in [-0.3, -0.25) is 4.79 Å². The first-order chi connectivity index (χ1) is 16.5. The molecule has 0 saturated carbocycles. The summed E-state index contributed by atoms with van der Waals surface area (Å²) < 4.78 is 19.9. The number of ether oxygens (including phenoxy) is 1. The van der Waals surface area contributed by atoms with Crippen LogP contribution in [0.5, 0.6) is 5.75 Å². The molecule has 0 bridgehead atoms. The van der Waals surface area contributed by atoms with E-state index in [-0.39, 0.29) is 17.7 Å². The molecule has 1 saturated heterocycles. The van der Waals surface area contributed by atoms with Crippen molar-refractivity contribution in [3.63, 3.8) is 0 Å². The first-order valence-corrected chi connectivity index (χ1v) is 11.1. The van der Waals surface area contributed by atoms with Crippen LogP contribution in [0.2, 0.25) is 0 Å². The van der Waals surface area contributed by atoms with Crippen LogP contribution in [0, 0.1) is 5.82 Å². The van der Waals surface area contributed by atoms with E-state index in [0.29, 0.717) is 30.5 Å². The number of amides is 1. The highest BCUT2D eigenvalue weighted by Gasteiger charge is 2.19. The van der Waals surface area contributed by atoms with Gasteiger partial charge in [0.15, 0.2) is 23.2 Å². The maximum Gasteiger partial charge on any atom is 0.229 e. The van der Waals surface area contributed by atoms with Crippen LogP contribution in [-0.2, 0) is 4.79 Å².